The molecule has 0 spiro atoms. The van der Waals surface area contributed by atoms with Gasteiger partial charge in [0.15, 0.2) is 6.61 Å². The van der Waals surface area contributed by atoms with E-state index in [9.17, 15) is 14.0 Å². The number of rotatable bonds is 5. The summed E-state index contributed by atoms with van der Waals surface area (Å²) in [6, 6.07) is 10.6. The van der Waals surface area contributed by atoms with Gasteiger partial charge in [-0.3, -0.25) is 9.59 Å². The molecule has 0 bridgehead atoms. The summed E-state index contributed by atoms with van der Waals surface area (Å²) in [5, 5.41) is 3.00. The molecule has 2 aromatic rings. The molecule has 2 rings (SSSR count). The zero-order valence-corrected chi connectivity index (χ0v) is 13.3. The second-order valence-electron chi connectivity index (χ2n) is 4.60. The fraction of sp³-hybridized carbons (Fsp3) is 0.125. The Morgan fingerprint density at radius 3 is 2.61 bits per heavy atom. The monoisotopic (exact) mass is 355 g/mol. The van der Waals surface area contributed by atoms with E-state index >= 15 is 0 Å². The number of carbonyl (C=O) groups is 2. The number of esters is 1. The van der Waals surface area contributed by atoms with Gasteiger partial charge in [0.05, 0.1) is 12.1 Å². The lowest BCUT2D eigenvalue weighted by Crippen LogP contribution is -2.22. The Labute approximate surface area is 142 Å². The van der Waals surface area contributed by atoms with E-state index in [0.717, 1.165) is 6.07 Å². The van der Waals surface area contributed by atoms with Gasteiger partial charge in [0.1, 0.15) is 5.82 Å². The van der Waals surface area contributed by atoms with Crippen molar-refractivity contribution >= 4 is 40.8 Å². The van der Waals surface area contributed by atoms with Gasteiger partial charge in [0.2, 0.25) is 0 Å². The van der Waals surface area contributed by atoms with E-state index in [1.807, 2.05) is 0 Å². The van der Waals surface area contributed by atoms with Crippen LogP contribution in [0.25, 0.3) is 0 Å². The second kappa shape index (κ2) is 7.94. The van der Waals surface area contributed by atoms with E-state index in [-0.39, 0.29) is 17.1 Å². The fourth-order valence-electron chi connectivity index (χ4n) is 1.77. The first-order valence-corrected chi connectivity index (χ1v) is 7.35. The summed E-state index contributed by atoms with van der Waals surface area (Å²) in [5.74, 6) is -1.91. The highest BCUT2D eigenvalue weighted by Crippen LogP contribution is 2.19. The second-order valence-corrected chi connectivity index (χ2v) is 5.44. The van der Waals surface area contributed by atoms with Crippen LogP contribution in [-0.4, -0.2) is 18.5 Å². The molecule has 0 fully saturated rings. The maximum atomic E-state index is 13.5. The Hall–Kier alpha value is -2.11. The van der Waals surface area contributed by atoms with Crippen molar-refractivity contribution in [2.45, 2.75) is 6.42 Å². The molecule has 4 nitrogen and oxygen atoms in total. The molecule has 0 atom stereocenters. The zero-order chi connectivity index (χ0) is 16.8. The third-order valence-electron chi connectivity index (χ3n) is 2.86. The fourth-order valence-corrected chi connectivity index (χ4v) is 2.15. The van der Waals surface area contributed by atoms with E-state index < -0.39 is 24.3 Å². The van der Waals surface area contributed by atoms with Crippen LogP contribution >= 0.6 is 23.2 Å². The van der Waals surface area contributed by atoms with Crippen molar-refractivity contribution in [2.24, 2.45) is 0 Å². The number of anilines is 1. The number of hydrogen-bond acceptors (Lipinski definition) is 3. The molecule has 7 heteroatoms. The molecule has 120 valence electrons. The van der Waals surface area contributed by atoms with E-state index in [0.29, 0.717) is 10.6 Å². The zero-order valence-electron chi connectivity index (χ0n) is 11.8. The van der Waals surface area contributed by atoms with Crippen molar-refractivity contribution in [3.05, 3.63) is 63.9 Å². The molecule has 0 aromatic heterocycles. The average molecular weight is 356 g/mol. The highest BCUT2D eigenvalue weighted by atomic mass is 35.5. The van der Waals surface area contributed by atoms with E-state index in [1.54, 1.807) is 24.3 Å². The number of benzene rings is 2. The van der Waals surface area contributed by atoms with Crippen LogP contribution in [0.15, 0.2) is 42.5 Å². The van der Waals surface area contributed by atoms with Crippen LogP contribution in [0.4, 0.5) is 10.1 Å². The molecule has 0 aliphatic rings. The number of carbonyl (C=O) groups excluding carboxylic acids is 2. The Kier molecular flexibility index (Phi) is 5.96. The van der Waals surface area contributed by atoms with Gasteiger partial charge in [0.25, 0.3) is 5.91 Å². The van der Waals surface area contributed by atoms with Crippen molar-refractivity contribution in [3.63, 3.8) is 0 Å². The molecular formula is C16H12Cl2FNO3. The molecule has 1 amide bonds. The minimum absolute atomic E-state index is 0.0571. The Morgan fingerprint density at radius 1 is 1.13 bits per heavy atom. The maximum Gasteiger partial charge on any atom is 0.310 e. The van der Waals surface area contributed by atoms with Crippen molar-refractivity contribution in [1.29, 1.82) is 0 Å². The van der Waals surface area contributed by atoms with Crippen molar-refractivity contribution in [3.8, 4) is 0 Å². The SMILES string of the molecule is O=C(COC(=O)Cc1ccccc1Cl)Nc1cc(Cl)ccc1F. The molecule has 0 heterocycles. The first kappa shape index (κ1) is 17.2. The van der Waals surface area contributed by atoms with Gasteiger partial charge in [-0.15, -0.1) is 0 Å². The summed E-state index contributed by atoms with van der Waals surface area (Å²) in [7, 11) is 0. The van der Waals surface area contributed by atoms with Crippen molar-refractivity contribution in [1.82, 2.24) is 0 Å². The van der Waals surface area contributed by atoms with Crippen LogP contribution in [0, 0.1) is 5.82 Å². The van der Waals surface area contributed by atoms with Crippen molar-refractivity contribution < 1.29 is 18.7 Å². The van der Waals surface area contributed by atoms with Gasteiger partial charge in [-0.2, -0.15) is 0 Å². The lowest BCUT2D eigenvalue weighted by molar-refractivity contribution is -0.146. The Bertz CT molecular complexity index is 737. The molecule has 0 aliphatic heterocycles. The lowest BCUT2D eigenvalue weighted by atomic mass is 10.1. The smallest absolute Gasteiger partial charge is 0.310 e. The topological polar surface area (TPSA) is 55.4 Å². The van der Waals surface area contributed by atoms with Crippen LogP contribution in [0.3, 0.4) is 0 Å². The molecule has 0 radical (unpaired) electrons. The van der Waals surface area contributed by atoms with Crippen LogP contribution in [-0.2, 0) is 20.7 Å². The largest absolute Gasteiger partial charge is 0.455 e. The standard InChI is InChI=1S/C16H12Cl2FNO3/c17-11-5-6-13(19)14(8-11)20-15(21)9-23-16(22)7-10-3-1-2-4-12(10)18/h1-6,8H,7,9H2,(H,20,21). The maximum absolute atomic E-state index is 13.5. The van der Waals surface area contributed by atoms with Crippen molar-refractivity contribution in [2.75, 3.05) is 11.9 Å². The predicted molar refractivity (Wildman–Crippen MR) is 86.2 cm³/mol. The molecule has 1 N–H and O–H groups in total. The number of hydrogen-bond donors (Lipinski definition) is 1. The van der Waals surface area contributed by atoms with Gasteiger partial charge in [-0.25, -0.2) is 4.39 Å². The third kappa shape index (κ3) is 5.23. The molecule has 0 aliphatic carbocycles. The number of amides is 1. The summed E-state index contributed by atoms with van der Waals surface area (Å²) in [5.41, 5.74) is 0.519. The van der Waals surface area contributed by atoms with E-state index in [4.69, 9.17) is 27.9 Å². The van der Waals surface area contributed by atoms with Crippen LogP contribution in [0.1, 0.15) is 5.56 Å². The van der Waals surface area contributed by atoms with Gasteiger partial charge in [-0.05, 0) is 29.8 Å². The lowest BCUT2D eigenvalue weighted by Gasteiger charge is -2.08. The van der Waals surface area contributed by atoms with Crippen LogP contribution in [0.5, 0.6) is 0 Å². The summed E-state index contributed by atoms with van der Waals surface area (Å²) in [6.07, 6.45) is -0.0571. The first-order valence-electron chi connectivity index (χ1n) is 6.59. The molecule has 0 saturated heterocycles. The molecular weight excluding hydrogens is 344 g/mol. The number of halogens is 3. The summed E-state index contributed by atoms with van der Waals surface area (Å²) >= 11 is 11.6. The summed E-state index contributed by atoms with van der Waals surface area (Å²) in [4.78, 5) is 23.4. The van der Waals surface area contributed by atoms with Gasteiger partial charge < -0.3 is 10.1 Å². The normalized spacial score (nSPS) is 10.2. The van der Waals surface area contributed by atoms with E-state index in [2.05, 4.69) is 5.32 Å². The highest BCUT2D eigenvalue weighted by Gasteiger charge is 2.12. The number of nitrogens with one attached hydrogen (secondary N) is 1. The Balaban J connectivity index is 1.85. The molecule has 0 unspecified atom stereocenters. The van der Waals surface area contributed by atoms with Crippen LogP contribution < -0.4 is 5.32 Å². The quantitative estimate of drug-likeness (QED) is 0.828. The van der Waals surface area contributed by atoms with Gasteiger partial charge >= 0.3 is 5.97 Å². The summed E-state index contributed by atoms with van der Waals surface area (Å²) < 4.78 is 18.3. The van der Waals surface area contributed by atoms with Gasteiger partial charge in [0, 0.05) is 10.0 Å². The van der Waals surface area contributed by atoms with Crippen LogP contribution in [0.2, 0.25) is 10.0 Å². The molecule has 23 heavy (non-hydrogen) atoms. The minimum atomic E-state index is -0.668. The molecule has 2 aromatic carbocycles. The third-order valence-corrected chi connectivity index (χ3v) is 3.46. The molecule has 0 saturated carbocycles. The van der Waals surface area contributed by atoms with Gasteiger partial charge in [-0.1, -0.05) is 41.4 Å². The predicted octanol–water partition coefficient (Wildman–Crippen LogP) is 3.86. The first-order chi connectivity index (χ1) is 11.0. The average Bonchev–Trinajstić information content (AvgIpc) is 2.51. The van der Waals surface area contributed by atoms with E-state index in [1.165, 1.54) is 12.1 Å². The number of ether oxygens (including phenoxy) is 1. The summed E-state index contributed by atoms with van der Waals surface area (Å²) in [6.45, 7) is -0.533. The Morgan fingerprint density at radius 2 is 1.87 bits per heavy atom. The minimum Gasteiger partial charge on any atom is -0.455 e. The highest BCUT2D eigenvalue weighted by molar-refractivity contribution is 6.31.